The van der Waals surface area contributed by atoms with Gasteiger partial charge in [0.25, 0.3) is 11.8 Å². The average Bonchev–Trinajstić information content (AvgIpc) is 2.74. The molecule has 0 radical (unpaired) electrons. The summed E-state index contributed by atoms with van der Waals surface area (Å²) in [6.07, 6.45) is 8.09. The fourth-order valence-electron chi connectivity index (χ4n) is 3.48. The van der Waals surface area contributed by atoms with Gasteiger partial charge in [-0.15, -0.1) is 0 Å². The van der Waals surface area contributed by atoms with E-state index in [-0.39, 0.29) is 11.8 Å². The van der Waals surface area contributed by atoms with E-state index in [1.165, 1.54) is 18.4 Å². The maximum atomic E-state index is 12.6. The second-order valence-electron chi connectivity index (χ2n) is 7.34. The van der Waals surface area contributed by atoms with E-state index in [2.05, 4.69) is 11.4 Å². The molecule has 0 aliphatic heterocycles. The van der Waals surface area contributed by atoms with Crippen molar-refractivity contribution in [3.63, 3.8) is 0 Å². The van der Waals surface area contributed by atoms with Gasteiger partial charge in [-0.3, -0.25) is 9.59 Å². The molecular formula is C24H28N2O2. The number of hydrogen-bond acceptors (Lipinski definition) is 2. The largest absolute Gasteiger partial charge is 0.352 e. The van der Waals surface area contributed by atoms with Gasteiger partial charge in [0.2, 0.25) is 0 Å². The first-order chi connectivity index (χ1) is 13.6. The summed E-state index contributed by atoms with van der Waals surface area (Å²) in [5.41, 5.74) is 3.71. The Morgan fingerprint density at radius 3 is 2.36 bits per heavy atom. The minimum atomic E-state index is -0.0898. The van der Waals surface area contributed by atoms with Gasteiger partial charge >= 0.3 is 0 Å². The molecule has 0 unspecified atom stereocenters. The zero-order valence-electron chi connectivity index (χ0n) is 16.5. The molecule has 0 aromatic heterocycles. The second kappa shape index (κ2) is 9.88. The van der Waals surface area contributed by atoms with Crippen LogP contribution in [0.3, 0.4) is 0 Å². The molecule has 146 valence electrons. The van der Waals surface area contributed by atoms with Crippen LogP contribution < -0.4 is 5.32 Å². The molecule has 2 aromatic carbocycles. The van der Waals surface area contributed by atoms with Crippen LogP contribution in [0.1, 0.15) is 58.4 Å². The van der Waals surface area contributed by atoms with Gasteiger partial charge in [-0.2, -0.15) is 0 Å². The lowest BCUT2D eigenvalue weighted by Gasteiger charge is -2.17. The predicted molar refractivity (Wildman–Crippen MR) is 112 cm³/mol. The van der Waals surface area contributed by atoms with E-state index in [4.69, 9.17) is 0 Å². The zero-order valence-corrected chi connectivity index (χ0v) is 16.5. The van der Waals surface area contributed by atoms with Crippen molar-refractivity contribution in [2.45, 2.75) is 38.6 Å². The maximum absolute atomic E-state index is 12.6. The Bertz CT molecular complexity index is 825. The minimum Gasteiger partial charge on any atom is -0.352 e. The molecule has 3 rings (SSSR count). The van der Waals surface area contributed by atoms with Crippen LogP contribution in [-0.4, -0.2) is 30.3 Å². The molecule has 2 amide bonds. The second-order valence-corrected chi connectivity index (χ2v) is 7.34. The smallest absolute Gasteiger partial charge is 0.253 e. The molecule has 4 heteroatoms. The summed E-state index contributed by atoms with van der Waals surface area (Å²) in [6, 6.07) is 16.8. The van der Waals surface area contributed by atoms with Crippen molar-refractivity contribution in [3.8, 4) is 0 Å². The third kappa shape index (κ3) is 5.56. The molecule has 0 fully saturated rings. The van der Waals surface area contributed by atoms with E-state index in [1.807, 2.05) is 30.3 Å². The fourth-order valence-corrected chi connectivity index (χ4v) is 3.48. The van der Waals surface area contributed by atoms with Crippen molar-refractivity contribution in [2.24, 2.45) is 0 Å². The Morgan fingerprint density at radius 2 is 1.68 bits per heavy atom. The number of carbonyl (C=O) groups is 2. The van der Waals surface area contributed by atoms with E-state index >= 15 is 0 Å². The summed E-state index contributed by atoms with van der Waals surface area (Å²) in [5, 5.41) is 2.98. The van der Waals surface area contributed by atoms with Gasteiger partial charge in [-0.1, -0.05) is 42.0 Å². The van der Waals surface area contributed by atoms with Crippen LogP contribution in [0.25, 0.3) is 0 Å². The molecular weight excluding hydrogens is 348 g/mol. The zero-order chi connectivity index (χ0) is 19.8. The van der Waals surface area contributed by atoms with Crippen molar-refractivity contribution >= 4 is 11.8 Å². The number of hydrogen-bond donors (Lipinski definition) is 1. The fraction of sp³-hybridized carbons (Fsp3) is 0.333. The van der Waals surface area contributed by atoms with E-state index < -0.39 is 0 Å². The van der Waals surface area contributed by atoms with E-state index in [1.54, 1.807) is 36.2 Å². The number of nitrogens with zero attached hydrogens (tertiary/aromatic N) is 1. The molecule has 0 spiro atoms. The minimum absolute atomic E-state index is 0.0555. The normalized spacial score (nSPS) is 13.5. The van der Waals surface area contributed by atoms with Crippen LogP contribution in [0.5, 0.6) is 0 Å². The lowest BCUT2D eigenvalue weighted by atomic mass is 9.97. The van der Waals surface area contributed by atoms with Crippen molar-refractivity contribution in [2.75, 3.05) is 13.6 Å². The molecule has 2 aromatic rings. The third-order valence-corrected chi connectivity index (χ3v) is 5.12. The molecule has 0 heterocycles. The van der Waals surface area contributed by atoms with Crippen LogP contribution >= 0.6 is 0 Å². The molecule has 0 bridgehead atoms. The van der Waals surface area contributed by atoms with Crippen LogP contribution in [0.15, 0.2) is 66.2 Å². The highest BCUT2D eigenvalue weighted by Crippen LogP contribution is 2.19. The first-order valence-corrected chi connectivity index (χ1v) is 9.99. The van der Waals surface area contributed by atoms with Gasteiger partial charge in [-0.05, 0) is 61.9 Å². The van der Waals surface area contributed by atoms with Gasteiger partial charge in [0, 0.05) is 31.3 Å². The summed E-state index contributed by atoms with van der Waals surface area (Å²) in [4.78, 5) is 26.6. The highest BCUT2D eigenvalue weighted by Gasteiger charge is 2.13. The van der Waals surface area contributed by atoms with Crippen molar-refractivity contribution in [3.05, 3.63) is 82.9 Å². The van der Waals surface area contributed by atoms with Gasteiger partial charge in [0.05, 0.1) is 0 Å². The summed E-state index contributed by atoms with van der Waals surface area (Å²) in [7, 11) is 1.79. The van der Waals surface area contributed by atoms with Crippen LogP contribution in [0.2, 0.25) is 0 Å². The molecule has 0 atom stereocenters. The molecule has 0 saturated carbocycles. The summed E-state index contributed by atoms with van der Waals surface area (Å²) < 4.78 is 0. The lowest BCUT2D eigenvalue weighted by molar-refractivity contribution is 0.0784. The summed E-state index contributed by atoms with van der Waals surface area (Å²) in [5.74, 6) is -0.145. The molecule has 1 aliphatic carbocycles. The van der Waals surface area contributed by atoms with Crippen LogP contribution in [0, 0.1) is 0 Å². The average molecular weight is 377 g/mol. The number of allylic oxidation sites excluding steroid dienone is 1. The quantitative estimate of drug-likeness (QED) is 0.719. The Labute approximate surface area is 167 Å². The monoisotopic (exact) mass is 376 g/mol. The Balaban J connectivity index is 1.51. The molecule has 28 heavy (non-hydrogen) atoms. The number of benzene rings is 2. The third-order valence-electron chi connectivity index (χ3n) is 5.12. The molecule has 0 saturated heterocycles. The topological polar surface area (TPSA) is 49.4 Å². The number of rotatable bonds is 7. The molecule has 4 nitrogen and oxygen atoms in total. The van der Waals surface area contributed by atoms with Crippen molar-refractivity contribution in [1.29, 1.82) is 0 Å². The van der Waals surface area contributed by atoms with Crippen LogP contribution in [0.4, 0.5) is 0 Å². The predicted octanol–water partition coefficient (Wildman–Crippen LogP) is 4.58. The number of amides is 2. The van der Waals surface area contributed by atoms with E-state index in [9.17, 15) is 9.59 Å². The van der Waals surface area contributed by atoms with Gasteiger partial charge in [0.15, 0.2) is 0 Å². The number of nitrogens with one attached hydrogen (secondary N) is 1. The number of carbonyl (C=O) groups excluding carboxylic acids is 2. The summed E-state index contributed by atoms with van der Waals surface area (Å²) >= 11 is 0. The van der Waals surface area contributed by atoms with Gasteiger partial charge in [-0.25, -0.2) is 0 Å². The highest BCUT2D eigenvalue weighted by atomic mass is 16.2. The standard InChI is InChI=1S/C24H28N2O2/c1-26(18-20-10-6-3-7-11-20)24(28)22-14-12-21(13-15-22)23(27)25-17-16-19-8-4-2-5-9-19/h3,6-8,10-15H,2,4-5,9,16-18H2,1H3,(H,25,27). The Kier molecular flexibility index (Phi) is 7.01. The van der Waals surface area contributed by atoms with Crippen molar-refractivity contribution < 1.29 is 9.59 Å². The Hall–Kier alpha value is -2.88. The highest BCUT2D eigenvalue weighted by molar-refractivity contribution is 5.97. The van der Waals surface area contributed by atoms with E-state index in [0.717, 1.165) is 24.8 Å². The SMILES string of the molecule is CN(Cc1ccccc1)C(=O)c1ccc(C(=O)NCCC2=CCCCC2)cc1. The van der Waals surface area contributed by atoms with E-state index in [0.29, 0.717) is 24.2 Å². The van der Waals surface area contributed by atoms with Gasteiger partial charge < -0.3 is 10.2 Å². The first kappa shape index (κ1) is 19.9. The molecule has 1 aliphatic rings. The molecule has 1 N–H and O–H groups in total. The lowest BCUT2D eigenvalue weighted by Crippen LogP contribution is -2.27. The maximum Gasteiger partial charge on any atom is 0.253 e. The van der Waals surface area contributed by atoms with Crippen molar-refractivity contribution in [1.82, 2.24) is 10.2 Å². The van der Waals surface area contributed by atoms with Gasteiger partial charge in [0.1, 0.15) is 0 Å². The summed E-state index contributed by atoms with van der Waals surface area (Å²) in [6.45, 7) is 1.21. The van der Waals surface area contributed by atoms with Crippen LogP contribution in [-0.2, 0) is 6.54 Å². The Morgan fingerprint density at radius 1 is 0.964 bits per heavy atom. The first-order valence-electron chi connectivity index (χ1n) is 9.99.